The largest absolute Gasteiger partial charge is 0.368 e. The van der Waals surface area contributed by atoms with Crippen molar-refractivity contribution >= 4 is 34.5 Å². The fraction of sp³-hybridized carbons (Fsp3) is 0.417. The molecule has 1 aromatic heterocycles. The topological polar surface area (TPSA) is 108 Å². The Balaban J connectivity index is 1.46. The predicted molar refractivity (Wildman–Crippen MR) is 135 cm³/mol. The van der Waals surface area contributed by atoms with E-state index in [1.807, 2.05) is 32.0 Å². The van der Waals surface area contributed by atoms with E-state index in [1.165, 1.54) is 0 Å². The number of amides is 1. The van der Waals surface area contributed by atoms with Crippen LogP contribution in [0.5, 0.6) is 0 Å². The van der Waals surface area contributed by atoms with Crippen molar-refractivity contribution in [3.05, 3.63) is 52.3 Å². The number of piperazine rings is 1. The number of thiocarbonyl (C=S) groups is 1. The lowest BCUT2D eigenvalue weighted by molar-refractivity contribution is 0.0819. The molecule has 9 nitrogen and oxygen atoms in total. The number of carbonyl (C=O) groups excluding carboxylic acids is 1. The second-order valence-corrected chi connectivity index (χ2v) is 8.81. The van der Waals surface area contributed by atoms with Crippen molar-refractivity contribution in [2.75, 3.05) is 50.0 Å². The molecule has 10 heteroatoms. The fourth-order valence-corrected chi connectivity index (χ4v) is 4.90. The molecule has 2 aliphatic heterocycles. The summed E-state index contributed by atoms with van der Waals surface area (Å²) in [4.78, 5) is 23.1. The lowest BCUT2D eigenvalue weighted by Gasteiger charge is -2.38. The molecule has 4 rings (SSSR count). The first kappa shape index (κ1) is 23.9. The maximum Gasteiger partial charge on any atom is 0.269 e. The Morgan fingerprint density at radius 3 is 2.68 bits per heavy atom. The number of rotatable bonds is 5. The first-order valence-corrected chi connectivity index (χ1v) is 11.8. The zero-order valence-electron chi connectivity index (χ0n) is 19.6. The minimum atomic E-state index is -0.874. The Kier molecular flexibility index (Phi) is 6.97. The van der Waals surface area contributed by atoms with Gasteiger partial charge in [-0.2, -0.15) is 5.26 Å². The SMILES string of the molecule is CCN1C(=S)c2cc(C#N)c(CN3CCN(c4ccc(C(=O)NC)nc4C)CC3)cc2NC1O. The minimum Gasteiger partial charge on any atom is -0.368 e. The van der Waals surface area contributed by atoms with Gasteiger partial charge in [-0.15, -0.1) is 0 Å². The van der Waals surface area contributed by atoms with Crippen molar-refractivity contribution in [3.8, 4) is 6.07 Å². The summed E-state index contributed by atoms with van der Waals surface area (Å²) in [6.07, 6.45) is -0.874. The number of nitrogens with zero attached hydrogens (tertiary/aromatic N) is 5. The number of aliphatic hydroxyl groups excluding tert-OH is 1. The highest BCUT2D eigenvalue weighted by molar-refractivity contribution is 7.80. The Hall–Kier alpha value is -3.26. The molecule has 1 unspecified atom stereocenters. The smallest absolute Gasteiger partial charge is 0.269 e. The Labute approximate surface area is 205 Å². The van der Waals surface area contributed by atoms with Crippen molar-refractivity contribution in [3.63, 3.8) is 0 Å². The molecule has 178 valence electrons. The van der Waals surface area contributed by atoms with Gasteiger partial charge in [-0.25, -0.2) is 4.98 Å². The second-order valence-electron chi connectivity index (χ2n) is 8.42. The summed E-state index contributed by atoms with van der Waals surface area (Å²) in [6, 6.07) is 9.79. The van der Waals surface area contributed by atoms with Crippen LogP contribution in [0.25, 0.3) is 0 Å². The summed E-state index contributed by atoms with van der Waals surface area (Å²) in [7, 11) is 1.60. The van der Waals surface area contributed by atoms with Crippen LogP contribution < -0.4 is 15.5 Å². The first-order valence-electron chi connectivity index (χ1n) is 11.4. The molecule has 1 aromatic carbocycles. The number of hydrogen-bond acceptors (Lipinski definition) is 8. The van der Waals surface area contributed by atoms with Crippen LogP contribution in [0.3, 0.4) is 0 Å². The lowest BCUT2D eigenvalue weighted by atomic mass is 10.00. The molecule has 2 aromatic rings. The predicted octanol–water partition coefficient (Wildman–Crippen LogP) is 1.64. The molecule has 3 heterocycles. The van der Waals surface area contributed by atoms with Crippen LogP contribution >= 0.6 is 12.2 Å². The quantitative estimate of drug-likeness (QED) is 0.552. The highest BCUT2D eigenvalue weighted by atomic mass is 32.1. The standard InChI is InChI=1S/C24H29N7O2S/c1-4-31-23(34)18-11-16(13-25)17(12-20(18)28-24(31)33)14-29-7-9-30(10-8-29)21-6-5-19(22(32)26-3)27-15(21)2/h5-6,11-12,24,28,33H,4,7-10,14H2,1-3H3,(H,26,32). The van der Waals surface area contributed by atoms with Gasteiger partial charge in [0.05, 0.1) is 23.0 Å². The van der Waals surface area contributed by atoms with Crippen LogP contribution in [-0.2, 0) is 6.54 Å². The molecule has 1 atom stereocenters. The molecule has 0 spiro atoms. The van der Waals surface area contributed by atoms with Crippen molar-refractivity contribution in [2.45, 2.75) is 26.7 Å². The van der Waals surface area contributed by atoms with Gasteiger partial charge in [0, 0.05) is 57.6 Å². The van der Waals surface area contributed by atoms with Crippen molar-refractivity contribution in [2.24, 2.45) is 0 Å². The number of pyridine rings is 1. The van der Waals surface area contributed by atoms with Crippen molar-refractivity contribution < 1.29 is 9.90 Å². The van der Waals surface area contributed by atoms with Crippen LogP contribution in [0.4, 0.5) is 11.4 Å². The number of aryl methyl sites for hydroxylation is 1. The molecule has 0 aliphatic carbocycles. The number of fused-ring (bicyclic) bond motifs is 1. The Bertz CT molecular complexity index is 1150. The molecule has 2 aliphatic rings. The second kappa shape index (κ2) is 9.93. The van der Waals surface area contributed by atoms with E-state index in [1.54, 1.807) is 18.0 Å². The third kappa shape index (κ3) is 4.55. The molecule has 0 radical (unpaired) electrons. The number of hydrogen-bond donors (Lipinski definition) is 3. The highest BCUT2D eigenvalue weighted by Gasteiger charge is 2.28. The van der Waals surface area contributed by atoms with E-state index in [4.69, 9.17) is 12.2 Å². The molecule has 0 bridgehead atoms. The van der Waals surface area contributed by atoms with Crippen LogP contribution in [0.1, 0.15) is 39.8 Å². The molecule has 3 N–H and O–H groups in total. The van der Waals surface area contributed by atoms with Crippen LogP contribution in [-0.4, -0.2) is 76.9 Å². The number of aromatic nitrogens is 1. The zero-order chi connectivity index (χ0) is 24.4. The number of anilines is 2. The maximum atomic E-state index is 11.8. The summed E-state index contributed by atoms with van der Waals surface area (Å²) < 4.78 is 0. The van der Waals surface area contributed by atoms with Gasteiger partial charge in [0.25, 0.3) is 5.91 Å². The number of nitriles is 1. The van der Waals surface area contributed by atoms with Gasteiger partial charge in [0.1, 0.15) is 10.7 Å². The molecular weight excluding hydrogens is 450 g/mol. The van der Waals surface area contributed by atoms with E-state index in [0.29, 0.717) is 29.3 Å². The maximum absolute atomic E-state index is 11.8. The number of carbonyl (C=O) groups is 1. The van der Waals surface area contributed by atoms with Crippen molar-refractivity contribution in [1.82, 2.24) is 20.1 Å². The van der Waals surface area contributed by atoms with Gasteiger partial charge in [0.15, 0.2) is 0 Å². The first-order chi connectivity index (χ1) is 16.4. The van der Waals surface area contributed by atoms with Crippen LogP contribution in [0.2, 0.25) is 0 Å². The van der Waals surface area contributed by atoms with E-state index in [-0.39, 0.29) is 5.91 Å². The average Bonchev–Trinajstić information content (AvgIpc) is 2.84. The van der Waals surface area contributed by atoms with Crippen molar-refractivity contribution in [1.29, 1.82) is 5.26 Å². The summed E-state index contributed by atoms with van der Waals surface area (Å²) in [6.45, 7) is 8.36. The van der Waals surface area contributed by atoms with Gasteiger partial charge in [0.2, 0.25) is 6.35 Å². The summed E-state index contributed by atoms with van der Waals surface area (Å²) >= 11 is 5.54. The molecule has 1 fully saturated rings. The molecular formula is C24H29N7O2S. The van der Waals surface area contributed by atoms with E-state index in [9.17, 15) is 15.2 Å². The van der Waals surface area contributed by atoms with E-state index in [2.05, 4.69) is 31.5 Å². The van der Waals surface area contributed by atoms with Gasteiger partial charge in [-0.3, -0.25) is 9.69 Å². The molecule has 1 amide bonds. The summed E-state index contributed by atoms with van der Waals surface area (Å²) in [5.74, 6) is -0.192. The van der Waals surface area contributed by atoms with Gasteiger partial charge >= 0.3 is 0 Å². The summed E-state index contributed by atoms with van der Waals surface area (Å²) in [5, 5.41) is 25.8. The monoisotopic (exact) mass is 479 g/mol. The number of aliphatic hydroxyl groups is 1. The van der Waals surface area contributed by atoms with Gasteiger partial charge in [-0.05, 0) is 43.7 Å². The average molecular weight is 480 g/mol. The third-order valence-electron chi connectivity index (χ3n) is 6.40. The zero-order valence-corrected chi connectivity index (χ0v) is 20.4. The van der Waals surface area contributed by atoms with E-state index in [0.717, 1.165) is 54.4 Å². The number of nitrogens with one attached hydrogen (secondary N) is 2. The van der Waals surface area contributed by atoms with E-state index < -0.39 is 6.35 Å². The van der Waals surface area contributed by atoms with Crippen LogP contribution in [0.15, 0.2) is 24.3 Å². The molecule has 34 heavy (non-hydrogen) atoms. The molecule has 0 saturated carbocycles. The van der Waals surface area contributed by atoms with E-state index >= 15 is 0 Å². The number of benzene rings is 1. The van der Waals surface area contributed by atoms with Gasteiger partial charge < -0.3 is 25.5 Å². The van der Waals surface area contributed by atoms with Crippen LogP contribution in [0, 0.1) is 18.3 Å². The Morgan fingerprint density at radius 2 is 2.06 bits per heavy atom. The minimum absolute atomic E-state index is 0.192. The lowest BCUT2D eigenvalue weighted by Crippen LogP contribution is -2.48. The third-order valence-corrected chi connectivity index (χ3v) is 6.85. The highest BCUT2D eigenvalue weighted by Crippen LogP contribution is 2.30. The molecule has 1 saturated heterocycles. The normalized spacial score (nSPS) is 18.2. The Morgan fingerprint density at radius 1 is 1.32 bits per heavy atom. The fourth-order valence-electron chi connectivity index (χ4n) is 4.51. The van der Waals surface area contributed by atoms with Gasteiger partial charge in [-0.1, -0.05) is 12.2 Å². The summed E-state index contributed by atoms with van der Waals surface area (Å²) in [5.41, 5.74) is 5.32.